The zero-order valence-corrected chi connectivity index (χ0v) is 14.1. The average molecular weight is 359 g/mol. The highest BCUT2D eigenvalue weighted by Crippen LogP contribution is 2.15. The number of ether oxygens (including phenoxy) is 1. The number of aromatic nitrogens is 3. The highest BCUT2D eigenvalue weighted by atomic mass is 35.5. The van der Waals surface area contributed by atoms with Crippen LogP contribution in [-0.2, 0) is 13.0 Å². The van der Waals surface area contributed by atoms with E-state index in [-0.39, 0.29) is 11.8 Å². The normalized spacial score (nSPS) is 10.5. The Kier molecular flexibility index (Phi) is 5.74. The molecule has 2 aromatic heterocycles. The molecule has 0 saturated heterocycles. The number of anilines is 1. The number of halogens is 2. The van der Waals surface area contributed by atoms with Crippen molar-refractivity contribution in [2.75, 3.05) is 11.9 Å². The van der Waals surface area contributed by atoms with E-state index < -0.39 is 5.82 Å². The summed E-state index contributed by atoms with van der Waals surface area (Å²) >= 11 is 5.74. The van der Waals surface area contributed by atoms with E-state index in [1.54, 1.807) is 18.3 Å². The van der Waals surface area contributed by atoms with Crippen LogP contribution >= 0.6 is 11.6 Å². The topological polar surface area (TPSA) is 59.9 Å². The van der Waals surface area contributed by atoms with Gasteiger partial charge in [0.2, 0.25) is 0 Å². The van der Waals surface area contributed by atoms with Gasteiger partial charge in [0, 0.05) is 19.2 Å². The first-order valence-corrected chi connectivity index (χ1v) is 8.12. The summed E-state index contributed by atoms with van der Waals surface area (Å²) in [7, 11) is 0. The van der Waals surface area contributed by atoms with E-state index in [9.17, 15) is 4.39 Å². The summed E-state index contributed by atoms with van der Waals surface area (Å²) in [6.07, 6.45) is 3.43. The van der Waals surface area contributed by atoms with Crippen LogP contribution in [0.25, 0.3) is 0 Å². The van der Waals surface area contributed by atoms with Gasteiger partial charge in [0.25, 0.3) is 0 Å². The van der Waals surface area contributed by atoms with Crippen LogP contribution in [0.1, 0.15) is 11.1 Å². The Hall–Kier alpha value is -2.73. The third-order valence-corrected chi connectivity index (χ3v) is 3.66. The van der Waals surface area contributed by atoms with Gasteiger partial charge in [0.05, 0.1) is 12.8 Å². The maximum atomic E-state index is 13.8. The molecular formula is C18H16ClFN4O. The van der Waals surface area contributed by atoms with Crippen molar-refractivity contribution in [1.29, 1.82) is 0 Å². The van der Waals surface area contributed by atoms with Gasteiger partial charge in [-0.15, -0.1) is 0 Å². The molecule has 0 saturated carbocycles. The van der Waals surface area contributed by atoms with Crippen LogP contribution in [0.3, 0.4) is 0 Å². The van der Waals surface area contributed by atoms with Crippen LogP contribution in [-0.4, -0.2) is 21.6 Å². The molecule has 0 atom stereocenters. The molecule has 0 spiro atoms. The highest BCUT2D eigenvalue weighted by molar-refractivity contribution is 6.29. The van der Waals surface area contributed by atoms with Gasteiger partial charge in [-0.1, -0.05) is 48.0 Å². The maximum absolute atomic E-state index is 13.8. The lowest BCUT2D eigenvalue weighted by atomic mass is 10.2. The number of benzene rings is 1. The summed E-state index contributed by atoms with van der Waals surface area (Å²) in [5, 5.41) is 3.32. The number of hydrogen-bond donors (Lipinski definition) is 1. The second kappa shape index (κ2) is 8.39. The Morgan fingerprint density at radius 2 is 1.84 bits per heavy atom. The van der Waals surface area contributed by atoms with Crippen molar-refractivity contribution < 1.29 is 9.13 Å². The Morgan fingerprint density at radius 3 is 2.60 bits per heavy atom. The Bertz CT molecular complexity index is 815. The lowest BCUT2D eigenvalue weighted by Crippen LogP contribution is -2.08. The van der Waals surface area contributed by atoms with Gasteiger partial charge in [-0.25, -0.2) is 14.4 Å². The van der Waals surface area contributed by atoms with E-state index >= 15 is 0 Å². The van der Waals surface area contributed by atoms with Crippen LogP contribution in [0, 0.1) is 5.82 Å². The average Bonchev–Trinajstić information content (AvgIpc) is 2.64. The van der Waals surface area contributed by atoms with Gasteiger partial charge in [0.1, 0.15) is 5.15 Å². The van der Waals surface area contributed by atoms with Crippen molar-refractivity contribution in [2.24, 2.45) is 0 Å². The molecule has 0 amide bonds. The number of hydrogen-bond acceptors (Lipinski definition) is 5. The van der Waals surface area contributed by atoms with Crippen LogP contribution in [0.2, 0.25) is 5.15 Å². The van der Waals surface area contributed by atoms with Crippen LogP contribution in [0.5, 0.6) is 6.01 Å². The molecule has 25 heavy (non-hydrogen) atoms. The van der Waals surface area contributed by atoms with E-state index in [1.807, 2.05) is 30.3 Å². The molecule has 7 heteroatoms. The predicted octanol–water partition coefficient (Wildman–Crippen LogP) is 3.90. The summed E-state index contributed by atoms with van der Waals surface area (Å²) < 4.78 is 19.4. The maximum Gasteiger partial charge on any atom is 0.318 e. The fraction of sp³-hybridized carbons (Fsp3) is 0.167. The molecule has 0 bridgehead atoms. The van der Waals surface area contributed by atoms with Gasteiger partial charge in [-0.2, -0.15) is 4.98 Å². The summed E-state index contributed by atoms with van der Waals surface area (Å²) in [5.41, 5.74) is 2.01. The molecule has 0 unspecified atom stereocenters. The minimum atomic E-state index is -0.544. The van der Waals surface area contributed by atoms with E-state index in [0.717, 1.165) is 23.7 Å². The Balaban J connectivity index is 1.57. The molecule has 5 nitrogen and oxygen atoms in total. The molecule has 0 fully saturated rings. The Morgan fingerprint density at radius 1 is 1.00 bits per heavy atom. The molecule has 0 aliphatic carbocycles. The molecule has 1 aromatic carbocycles. The highest BCUT2D eigenvalue weighted by Gasteiger charge is 2.08. The molecule has 2 heterocycles. The minimum Gasteiger partial charge on any atom is -0.463 e. The number of rotatable bonds is 7. The summed E-state index contributed by atoms with van der Waals surface area (Å²) in [4.78, 5) is 11.9. The van der Waals surface area contributed by atoms with E-state index in [2.05, 4.69) is 20.3 Å². The minimum absolute atomic E-state index is 0.0830. The third-order valence-electron chi connectivity index (χ3n) is 3.44. The number of nitrogens with zero attached hydrogens (tertiary/aromatic N) is 3. The lowest BCUT2D eigenvalue weighted by Gasteiger charge is -2.09. The number of nitrogens with one attached hydrogen (secondary N) is 1. The van der Waals surface area contributed by atoms with Crippen molar-refractivity contribution in [1.82, 2.24) is 15.0 Å². The first kappa shape index (κ1) is 17.1. The zero-order chi connectivity index (χ0) is 17.5. The largest absolute Gasteiger partial charge is 0.463 e. The standard InChI is InChI=1S/C18H16ClFN4O/c19-16-7-6-14(10-21-16)11-22-17-15(20)12-23-18(24-17)25-9-8-13-4-2-1-3-5-13/h1-7,10,12H,8-9,11H2,(H,22,23,24). The Labute approximate surface area is 149 Å². The van der Waals surface area contributed by atoms with Crippen LogP contribution < -0.4 is 10.1 Å². The van der Waals surface area contributed by atoms with Crippen molar-refractivity contribution in [3.63, 3.8) is 0 Å². The molecule has 1 N–H and O–H groups in total. The fourth-order valence-corrected chi connectivity index (χ4v) is 2.26. The first-order valence-electron chi connectivity index (χ1n) is 7.74. The summed E-state index contributed by atoms with van der Waals surface area (Å²) in [6, 6.07) is 13.5. The predicted molar refractivity (Wildman–Crippen MR) is 94.2 cm³/mol. The van der Waals surface area contributed by atoms with Crippen molar-refractivity contribution in [3.05, 3.63) is 77.0 Å². The third kappa shape index (κ3) is 5.12. The van der Waals surface area contributed by atoms with Crippen LogP contribution in [0.4, 0.5) is 10.2 Å². The molecule has 3 rings (SSSR count). The molecular weight excluding hydrogens is 343 g/mol. The summed E-state index contributed by atoms with van der Waals surface area (Å²) in [5.74, 6) is -0.461. The molecule has 128 valence electrons. The van der Waals surface area contributed by atoms with E-state index in [1.165, 1.54) is 0 Å². The summed E-state index contributed by atoms with van der Waals surface area (Å²) in [6.45, 7) is 0.776. The van der Waals surface area contributed by atoms with Crippen LogP contribution in [0.15, 0.2) is 54.9 Å². The van der Waals surface area contributed by atoms with Gasteiger partial charge >= 0.3 is 6.01 Å². The van der Waals surface area contributed by atoms with Gasteiger partial charge in [0.15, 0.2) is 11.6 Å². The second-order valence-electron chi connectivity index (χ2n) is 5.28. The lowest BCUT2D eigenvalue weighted by molar-refractivity contribution is 0.295. The molecule has 3 aromatic rings. The second-order valence-corrected chi connectivity index (χ2v) is 5.66. The van der Waals surface area contributed by atoms with E-state index in [4.69, 9.17) is 16.3 Å². The quantitative estimate of drug-likeness (QED) is 0.649. The molecule has 0 radical (unpaired) electrons. The number of pyridine rings is 1. The van der Waals surface area contributed by atoms with Crippen molar-refractivity contribution in [3.8, 4) is 6.01 Å². The van der Waals surface area contributed by atoms with Gasteiger partial charge < -0.3 is 10.1 Å². The SMILES string of the molecule is Fc1cnc(OCCc2ccccc2)nc1NCc1ccc(Cl)nc1. The monoisotopic (exact) mass is 358 g/mol. The van der Waals surface area contributed by atoms with Gasteiger partial charge in [-0.3, -0.25) is 0 Å². The molecule has 0 aliphatic heterocycles. The zero-order valence-electron chi connectivity index (χ0n) is 13.3. The van der Waals surface area contributed by atoms with Gasteiger partial charge in [-0.05, 0) is 17.2 Å². The van der Waals surface area contributed by atoms with Crippen molar-refractivity contribution >= 4 is 17.4 Å². The molecule has 0 aliphatic rings. The fourth-order valence-electron chi connectivity index (χ4n) is 2.15. The van der Waals surface area contributed by atoms with E-state index in [0.29, 0.717) is 18.3 Å². The smallest absolute Gasteiger partial charge is 0.318 e. The first-order chi connectivity index (χ1) is 12.2. The van der Waals surface area contributed by atoms with Crippen molar-refractivity contribution in [2.45, 2.75) is 13.0 Å².